The van der Waals surface area contributed by atoms with Crippen molar-refractivity contribution in [1.29, 1.82) is 0 Å². The fourth-order valence-electron chi connectivity index (χ4n) is 2.82. The second-order valence-corrected chi connectivity index (χ2v) is 8.10. The maximum atomic E-state index is 12.1. The molecule has 1 heterocycles. The number of methoxy groups -OCH3 is 1. The number of hydrogen-bond acceptors (Lipinski definition) is 5. The number of nitrogens with zero attached hydrogens (tertiary/aromatic N) is 1. The molecule has 8 heteroatoms. The van der Waals surface area contributed by atoms with Crippen LogP contribution in [0.15, 0.2) is 24.3 Å². The third-order valence-electron chi connectivity index (χ3n) is 4.18. The number of amides is 1. The first-order valence-electron chi connectivity index (χ1n) is 8.58. The number of carbonyl (C=O) groups is 1. The first-order chi connectivity index (χ1) is 12.3. The summed E-state index contributed by atoms with van der Waals surface area (Å²) in [6, 6.07) is 5.45. The molecule has 1 aliphatic rings. The second-order valence-electron chi connectivity index (χ2n) is 6.12. The van der Waals surface area contributed by atoms with Gasteiger partial charge in [0.05, 0.1) is 20.0 Å². The third-order valence-corrected chi connectivity index (χ3v) is 5.49. The summed E-state index contributed by atoms with van der Waals surface area (Å²) in [6.45, 7) is 3.32. The molecule has 1 amide bonds. The van der Waals surface area contributed by atoms with Gasteiger partial charge in [-0.05, 0) is 43.5 Å². The number of hydrogen-bond donors (Lipinski definition) is 1. The monoisotopic (exact) mass is 382 g/mol. The molecule has 1 aromatic rings. The zero-order chi connectivity index (χ0) is 19.2. The highest BCUT2D eigenvalue weighted by molar-refractivity contribution is 7.88. The molecule has 1 N–H and O–H groups in total. The van der Waals surface area contributed by atoms with Crippen LogP contribution in [0.25, 0.3) is 6.08 Å². The molecule has 0 radical (unpaired) electrons. The Labute approximate surface area is 155 Å². The number of nitrogens with one attached hydrogen (secondary N) is 1. The minimum absolute atomic E-state index is 0.0139. The Kier molecular flexibility index (Phi) is 7.05. The Balaban J connectivity index is 1.90. The van der Waals surface area contributed by atoms with Gasteiger partial charge in [-0.3, -0.25) is 4.79 Å². The molecule has 0 aliphatic carbocycles. The van der Waals surface area contributed by atoms with Crippen molar-refractivity contribution in [3.8, 4) is 11.5 Å². The van der Waals surface area contributed by atoms with Gasteiger partial charge in [-0.1, -0.05) is 6.07 Å². The number of carbonyl (C=O) groups excluding carboxylic acids is 1. The lowest BCUT2D eigenvalue weighted by atomic mass is 10.1. The fourth-order valence-corrected chi connectivity index (χ4v) is 3.69. The molecule has 26 heavy (non-hydrogen) atoms. The largest absolute Gasteiger partial charge is 0.493 e. The van der Waals surface area contributed by atoms with Gasteiger partial charge in [0, 0.05) is 25.2 Å². The maximum absolute atomic E-state index is 12.1. The van der Waals surface area contributed by atoms with Crippen LogP contribution >= 0.6 is 0 Å². The summed E-state index contributed by atoms with van der Waals surface area (Å²) in [5, 5.41) is 2.92. The molecule has 0 aromatic heterocycles. The van der Waals surface area contributed by atoms with Crippen molar-refractivity contribution < 1.29 is 22.7 Å². The summed E-state index contributed by atoms with van der Waals surface area (Å²) in [7, 11) is -1.58. The first kappa shape index (κ1) is 20.3. The first-order valence-corrected chi connectivity index (χ1v) is 10.4. The van der Waals surface area contributed by atoms with Gasteiger partial charge >= 0.3 is 0 Å². The summed E-state index contributed by atoms with van der Waals surface area (Å²) in [4.78, 5) is 12.1. The number of sulfonamides is 1. The number of ether oxygens (including phenoxy) is 2. The smallest absolute Gasteiger partial charge is 0.244 e. The van der Waals surface area contributed by atoms with Crippen molar-refractivity contribution in [2.45, 2.75) is 25.8 Å². The van der Waals surface area contributed by atoms with Crippen molar-refractivity contribution in [1.82, 2.24) is 9.62 Å². The Bertz CT molecular complexity index is 753. The molecule has 1 saturated heterocycles. The predicted molar refractivity (Wildman–Crippen MR) is 101 cm³/mol. The van der Waals surface area contributed by atoms with E-state index in [4.69, 9.17) is 9.47 Å². The van der Waals surface area contributed by atoms with Crippen LogP contribution in [0.1, 0.15) is 25.3 Å². The topological polar surface area (TPSA) is 84.9 Å². The van der Waals surface area contributed by atoms with E-state index in [1.807, 2.05) is 13.0 Å². The fraction of sp³-hybridized carbons (Fsp3) is 0.500. The van der Waals surface area contributed by atoms with Gasteiger partial charge in [0.15, 0.2) is 11.5 Å². The minimum atomic E-state index is -3.15. The van der Waals surface area contributed by atoms with Crippen LogP contribution < -0.4 is 14.8 Å². The van der Waals surface area contributed by atoms with Crippen LogP contribution in [-0.4, -0.2) is 57.7 Å². The maximum Gasteiger partial charge on any atom is 0.244 e. The lowest BCUT2D eigenvalue weighted by Crippen LogP contribution is -2.45. The molecule has 144 valence electrons. The normalized spacial score (nSPS) is 16.6. The van der Waals surface area contributed by atoms with Crippen LogP contribution in [0.3, 0.4) is 0 Å². The lowest BCUT2D eigenvalue weighted by Gasteiger charge is -2.30. The van der Waals surface area contributed by atoms with E-state index >= 15 is 0 Å². The van der Waals surface area contributed by atoms with Gasteiger partial charge < -0.3 is 14.8 Å². The molecule has 2 rings (SSSR count). The van der Waals surface area contributed by atoms with E-state index in [1.165, 1.54) is 16.6 Å². The van der Waals surface area contributed by atoms with Gasteiger partial charge in [0.25, 0.3) is 0 Å². The number of benzene rings is 1. The molecule has 0 unspecified atom stereocenters. The third kappa shape index (κ3) is 5.74. The molecule has 1 fully saturated rings. The molecule has 0 bridgehead atoms. The van der Waals surface area contributed by atoms with E-state index in [9.17, 15) is 13.2 Å². The Morgan fingerprint density at radius 1 is 1.31 bits per heavy atom. The molecule has 0 spiro atoms. The van der Waals surface area contributed by atoms with E-state index in [0.29, 0.717) is 44.0 Å². The second kappa shape index (κ2) is 9.05. The zero-order valence-corrected chi connectivity index (χ0v) is 16.2. The Hall–Kier alpha value is -2.06. The molecule has 0 atom stereocenters. The average molecular weight is 382 g/mol. The highest BCUT2D eigenvalue weighted by Crippen LogP contribution is 2.28. The SMILES string of the molecule is CCOc1ccc(/C=C/C(=O)NC2CCN(S(C)(=O)=O)CC2)cc1OC. The minimum Gasteiger partial charge on any atom is -0.493 e. The molecule has 1 aliphatic heterocycles. The van der Waals surface area contributed by atoms with Crippen molar-refractivity contribution >= 4 is 22.0 Å². The van der Waals surface area contributed by atoms with Crippen molar-refractivity contribution in [3.05, 3.63) is 29.8 Å². The Morgan fingerprint density at radius 3 is 2.58 bits per heavy atom. The molecular weight excluding hydrogens is 356 g/mol. The molecule has 1 aromatic carbocycles. The highest BCUT2D eigenvalue weighted by atomic mass is 32.2. The van der Waals surface area contributed by atoms with Crippen LogP contribution in [0, 0.1) is 0 Å². The summed E-state index contributed by atoms with van der Waals surface area (Å²) >= 11 is 0. The Morgan fingerprint density at radius 2 is 2.00 bits per heavy atom. The van der Waals surface area contributed by atoms with Gasteiger partial charge in [-0.2, -0.15) is 0 Å². The number of piperidine rings is 1. The van der Waals surface area contributed by atoms with Crippen LogP contribution in [0.4, 0.5) is 0 Å². The predicted octanol–water partition coefficient (Wildman–Crippen LogP) is 1.65. The van der Waals surface area contributed by atoms with Crippen LogP contribution in [-0.2, 0) is 14.8 Å². The van der Waals surface area contributed by atoms with Crippen LogP contribution in [0.2, 0.25) is 0 Å². The van der Waals surface area contributed by atoms with E-state index < -0.39 is 10.0 Å². The van der Waals surface area contributed by atoms with Gasteiger partial charge in [-0.15, -0.1) is 0 Å². The quantitative estimate of drug-likeness (QED) is 0.725. The van der Waals surface area contributed by atoms with E-state index in [2.05, 4.69) is 5.32 Å². The summed E-state index contributed by atoms with van der Waals surface area (Å²) in [5.74, 6) is 1.08. The lowest BCUT2D eigenvalue weighted by molar-refractivity contribution is -0.117. The summed E-state index contributed by atoms with van der Waals surface area (Å²) in [5.41, 5.74) is 0.826. The standard InChI is InChI=1S/C18H26N2O5S/c1-4-25-16-7-5-14(13-17(16)24-2)6-8-18(21)19-15-9-11-20(12-10-15)26(3,22)23/h5-8,13,15H,4,9-12H2,1-3H3,(H,19,21)/b8-6+. The summed E-state index contributed by atoms with van der Waals surface area (Å²) in [6.07, 6.45) is 5.62. The summed E-state index contributed by atoms with van der Waals surface area (Å²) < 4.78 is 35.2. The van der Waals surface area contributed by atoms with Gasteiger partial charge in [0.2, 0.25) is 15.9 Å². The molecule has 0 saturated carbocycles. The van der Waals surface area contributed by atoms with Gasteiger partial charge in [0.1, 0.15) is 0 Å². The molecule has 7 nitrogen and oxygen atoms in total. The van der Waals surface area contributed by atoms with E-state index in [1.54, 1.807) is 25.3 Å². The van der Waals surface area contributed by atoms with Gasteiger partial charge in [-0.25, -0.2) is 12.7 Å². The highest BCUT2D eigenvalue weighted by Gasteiger charge is 2.25. The zero-order valence-electron chi connectivity index (χ0n) is 15.4. The van der Waals surface area contributed by atoms with Crippen LogP contribution in [0.5, 0.6) is 11.5 Å². The number of rotatable bonds is 7. The van der Waals surface area contributed by atoms with Crippen molar-refractivity contribution in [2.24, 2.45) is 0 Å². The van der Waals surface area contributed by atoms with E-state index in [-0.39, 0.29) is 11.9 Å². The average Bonchev–Trinajstić information content (AvgIpc) is 2.60. The van der Waals surface area contributed by atoms with Crippen molar-refractivity contribution in [2.75, 3.05) is 33.1 Å². The van der Waals surface area contributed by atoms with E-state index in [0.717, 1.165) is 5.56 Å². The van der Waals surface area contributed by atoms with Crippen molar-refractivity contribution in [3.63, 3.8) is 0 Å². The molecular formula is C18H26N2O5S.